The average molecular weight is 382 g/mol. The zero-order chi connectivity index (χ0) is 17.5. The molecule has 0 atom stereocenters. The number of H-pyrrole nitrogens is 1. The molecule has 0 radical (unpaired) electrons. The number of halogens is 1. The van der Waals surface area contributed by atoms with Gasteiger partial charge in [-0.05, 0) is 55.3 Å². The number of rotatable bonds is 2. The fourth-order valence-corrected chi connectivity index (χ4v) is 3.97. The summed E-state index contributed by atoms with van der Waals surface area (Å²) < 4.78 is 1.94. The van der Waals surface area contributed by atoms with Gasteiger partial charge in [0.15, 0.2) is 0 Å². The first-order valence-electron chi connectivity index (χ1n) is 8.97. The van der Waals surface area contributed by atoms with Crippen LogP contribution in [-0.4, -0.2) is 32.7 Å². The van der Waals surface area contributed by atoms with Crippen LogP contribution in [0.3, 0.4) is 0 Å². The molecule has 0 saturated carbocycles. The van der Waals surface area contributed by atoms with E-state index in [1.165, 1.54) is 0 Å². The van der Waals surface area contributed by atoms with Crippen LogP contribution in [0.4, 0.5) is 0 Å². The molecule has 0 bridgehead atoms. The van der Waals surface area contributed by atoms with Crippen LogP contribution in [0.2, 0.25) is 0 Å². The number of nitrogens with one attached hydrogen (secondary N) is 2. The van der Waals surface area contributed by atoms with Crippen molar-refractivity contribution in [1.29, 1.82) is 0 Å². The Hall–Kier alpha value is -2.70. The molecule has 1 saturated heterocycles. The van der Waals surface area contributed by atoms with Crippen molar-refractivity contribution < 1.29 is 0 Å². The lowest BCUT2D eigenvalue weighted by Crippen LogP contribution is -2.28. The second-order valence-electron chi connectivity index (χ2n) is 6.78. The first kappa shape index (κ1) is 17.7. The van der Waals surface area contributed by atoms with Crippen molar-refractivity contribution >= 4 is 29.0 Å². The monoisotopic (exact) mass is 381 g/mol. The van der Waals surface area contributed by atoms with E-state index < -0.39 is 0 Å². The highest BCUT2D eigenvalue weighted by Gasteiger charge is 2.21. The summed E-state index contributed by atoms with van der Waals surface area (Å²) in [4.78, 5) is 19.5. The van der Waals surface area contributed by atoms with Crippen molar-refractivity contribution in [1.82, 2.24) is 24.9 Å². The normalized spacial score (nSPS) is 15.1. The second-order valence-corrected chi connectivity index (χ2v) is 6.78. The van der Waals surface area contributed by atoms with Crippen molar-refractivity contribution in [3.8, 4) is 11.1 Å². The standard InChI is InChI=1S/C20H19N5O.ClH/c26-18-12-17(14-6-10-22-11-7-14)25-20(23-18)19-15(2-1-3-16(19)24-25)13-4-8-21-9-5-13;/h1-5,8-9,12,14,22H,6-7,10-11H2,(H,23,26);1H. The molecule has 1 aliphatic heterocycles. The van der Waals surface area contributed by atoms with Gasteiger partial charge in [0.25, 0.3) is 5.56 Å². The van der Waals surface area contributed by atoms with Crippen molar-refractivity contribution in [3.63, 3.8) is 0 Å². The number of piperidine rings is 1. The van der Waals surface area contributed by atoms with E-state index >= 15 is 0 Å². The van der Waals surface area contributed by atoms with Gasteiger partial charge in [0.2, 0.25) is 0 Å². The van der Waals surface area contributed by atoms with Gasteiger partial charge in [0.05, 0.1) is 16.6 Å². The molecule has 5 rings (SSSR count). The third-order valence-corrected chi connectivity index (χ3v) is 5.21. The summed E-state index contributed by atoms with van der Waals surface area (Å²) in [5.41, 5.74) is 4.70. The summed E-state index contributed by atoms with van der Waals surface area (Å²) in [6.07, 6.45) is 5.60. The lowest BCUT2D eigenvalue weighted by atomic mass is 9.94. The van der Waals surface area contributed by atoms with Gasteiger partial charge in [-0.15, -0.1) is 12.4 Å². The van der Waals surface area contributed by atoms with Gasteiger partial charge in [-0.2, -0.15) is 5.10 Å². The molecule has 0 spiro atoms. The van der Waals surface area contributed by atoms with Gasteiger partial charge in [-0.1, -0.05) is 12.1 Å². The Bertz CT molecular complexity index is 1150. The lowest BCUT2D eigenvalue weighted by molar-refractivity contribution is 0.446. The molecule has 1 aromatic carbocycles. The zero-order valence-corrected chi connectivity index (χ0v) is 15.5. The number of hydrogen-bond donors (Lipinski definition) is 2. The predicted octanol–water partition coefficient (Wildman–Crippen LogP) is 3.13. The van der Waals surface area contributed by atoms with Crippen molar-refractivity contribution in [2.24, 2.45) is 0 Å². The first-order chi connectivity index (χ1) is 12.8. The maximum atomic E-state index is 12.4. The van der Waals surface area contributed by atoms with Crippen LogP contribution in [0.15, 0.2) is 53.6 Å². The number of fused-ring (bicyclic) bond motifs is 3. The van der Waals surface area contributed by atoms with Gasteiger partial charge in [0.1, 0.15) is 5.65 Å². The molecular formula is C20H20ClN5O. The molecule has 0 amide bonds. The van der Waals surface area contributed by atoms with Gasteiger partial charge in [-0.3, -0.25) is 9.78 Å². The van der Waals surface area contributed by atoms with E-state index in [9.17, 15) is 4.79 Å². The van der Waals surface area contributed by atoms with Crippen molar-refractivity contribution in [2.45, 2.75) is 18.8 Å². The van der Waals surface area contributed by atoms with E-state index in [2.05, 4.69) is 21.4 Å². The second kappa shape index (κ2) is 7.13. The lowest BCUT2D eigenvalue weighted by Gasteiger charge is -2.23. The predicted molar refractivity (Wildman–Crippen MR) is 109 cm³/mol. The molecule has 2 N–H and O–H groups in total. The number of aromatic nitrogens is 4. The maximum Gasteiger partial charge on any atom is 0.251 e. The summed E-state index contributed by atoms with van der Waals surface area (Å²) in [6, 6.07) is 11.7. The molecule has 0 aliphatic carbocycles. The molecule has 4 heterocycles. The molecule has 0 unspecified atom stereocenters. The summed E-state index contributed by atoms with van der Waals surface area (Å²) in [5, 5.41) is 9.19. The number of benzene rings is 1. The number of hydrogen-bond acceptors (Lipinski definition) is 4. The SMILES string of the molecule is Cl.O=c1cc(C2CCNCC2)n2nc3cccc(-c4ccncc4)c3c2[nH]1. The van der Waals surface area contributed by atoms with Crippen LogP contribution in [0.1, 0.15) is 24.5 Å². The minimum Gasteiger partial charge on any atom is -0.317 e. The molecule has 1 fully saturated rings. The molecule has 1 aliphatic rings. The fraction of sp³-hybridized carbons (Fsp3) is 0.250. The molecule has 6 nitrogen and oxygen atoms in total. The molecule has 4 aromatic rings. The Morgan fingerprint density at radius 2 is 1.85 bits per heavy atom. The zero-order valence-electron chi connectivity index (χ0n) is 14.7. The van der Waals surface area contributed by atoms with Crippen LogP contribution in [0.25, 0.3) is 27.7 Å². The largest absolute Gasteiger partial charge is 0.317 e. The Morgan fingerprint density at radius 1 is 1.07 bits per heavy atom. The topological polar surface area (TPSA) is 75.1 Å². The highest BCUT2D eigenvalue weighted by Crippen LogP contribution is 2.32. The number of nitrogens with zero attached hydrogens (tertiary/aromatic N) is 3. The van der Waals surface area contributed by atoms with Gasteiger partial charge in [-0.25, -0.2) is 4.52 Å². The van der Waals surface area contributed by atoms with Gasteiger partial charge >= 0.3 is 0 Å². The summed E-state index contributed by atoms with van der Waals surface area (Å²) in [5.74, 6) is 0.347. The van der Waals surface area contributed by atoms with Crippen molar-refractivity contribution in [3.05, 3.63) is 64.8 Å². The highest BCUT2D eigenvalue weighted by atomic mass is 35.5. The maximum absolute atomic E-state index is 12.4. The Labute approximate surface area is 162 Å². The summed E-state index contributed by atoms with van der Waals surface area (Å²) in [6.45, 7) is 1.95. The Balaban J connectivity index is 0.00000180. The Morgan fingerprint density at radius 3 is 2.63 bits per heavy atom. The van der Waals surface area contributed by atoms with Crippen LogP contribution in [0, 0.1) is 0 Å². The third kappa shape index (κ3) is 3.01. The fourth-order valence-electron chi connectivity index (χ4n) is 3.97. The minimum absolute atomic E-state index is 0. The Kier molecular flexibility index (Phi) is 4.68. The highest BCUT2D eigenvalue weighted by molar-refractivity contribution is 6.03. The third-order valence-electron chi connectivity index (χ3n) is 5.21. The number of aromatic amines is 1. The van der Waals surface area contributed by atoms with E-state index in [4.69, 9.17) is 5.10 Å². The molecule has 3 aromatic heterocycles. The van der Waals surface area contributed by atoms with E-state index in [0.717, 1.165) is 59.3 Å². The van der Waals surface area contributed by atoms with E-state index in [0.29, 0.717) is 5.92 Å². The average Bonchev–Trinajstić information content (AvgIpc) is 3.07. The molecule has 138 valence electrons. The van der Waals surface area contributed by atoms with Crippen LogP contribution >= 0.6 is 12.4 Å². The van der Waals surface area contributed by atoms with E-state index in [-0.39, 0.29) is 18.0 Å². The van der Waals surface area contributed by atoms with E-state index in [1.807, 2.05) is 28.8 Å². The van der Waals surface area contributed by atoms with E-state index in [1.54, 1.807) is 18.5 Å². The first-order valence-corrected chi connectivity index (χ1v) is 8.97. The number of pyridine rings is 1. The summed E-state index contributed by atoms with van der Waals surface area (Å²) >= 11 is 0. The van der Waals surface area contributed by atoms with Crippen molar-refractivity contribution in [2.75, 3.05) is 13.1 Å². The van der Waals surface area contributed by atoms with Gasteiger partial charge < -0.3 is 10.3 Å². The van der Waals surface area contributed by atoms with Gasteiger partial charge in [0, 0.05) is 24.4 Å². The smallest absolute Gasteiger partial charge is 0.251 e. The quantitative estimate of drug-likeness (QED) is 0.559. The molecule has 7 heteroatoms. The van der Waals surface area contributed by atoms with Crippen LogP contribution < -0.4 is 10.9 Å². The molecule has 27 heavy (non-hydrogen) atoms. The molecular weight excluding hydrogens is 362 g/mol. The van der Waals surface area contributed by atoms with Crippen LogP contribution in [0.5, 0.6) is 0 Å². The minimum atomic E-state index is -0.0719. The van der Waals surface area contributed by atoms with Crippen LogP contribution in [-0.2, 0) is 0 Å². The summed E-state index contributed by atoms with van der Waals surface area (Å²) in [7, 11) is 0.